The van der Waals surface area contributed by atoms with Crippen LogP contribution in [-0.2, 0) is 11.2 Å². The molecule has 0 spiro atoms. The largest absolute Gasteiger partial charge is 0.504 e. The number of methoxy groups -OCH3 is 3. The second-order valence-corrected chi connectivity index (χ2v) is 9.70. The Hall–Kier alpha value is -3.70. The van der Waals surface area contributed by atoms with Gasteiger partial charge in [0.25, 0.3) is 0 Å². The van der Waals surface area contributed by atoms with E-state index in [4.69, 9.17) is 23.7 Å². The Morgan fingerprint density at radius 1 is 0.825 bits per heavy atom. The first-order valence-electron chi connectivity index (χ1n) is 12.9. The van der Waals surface area contributed by atoms with Gasteiger partial charge in [0.2, 0.25) is 0 Å². The maximum atomic E-state index is 10.9. The highest BCUT2D eigenvalue weighted by Crippen LogP contribution is 2.42. The van der Waals surface area contributed by atoms with E-state index in [2.05, 4.69) is 0 Å². The average Bonchev–Trinajstić information content (AvgIpc) is 3.38. The molecular formula is C30H36O10. The summed E-state index contributed by atoms with van der Waals surface area (Å²) in [4.78, 5) is 0. The molecule has 1 fully saturated rings. The lowest BCUT2D eigenvalue weighted by molar-refractivity contribution is -0.000527. The molecule has 1 saturated heterocycles. The van der Waals surface area contributed by atoms with Crippen LogP contribution in [0.5, 0.6) is 34.5 Å². The number of benzene rings is 3. The average molecular weight is 557 g/mol. The van der Waals surface area contributed by atoms with Gasteiger partial charge in [-0.25, -0.2) is 0 Å². The highest BCUT2D eigenvalue weighted by Gasteiger charge is 2.38. The van der Waals surface area contributed by atoms with Crippen LogP contribution in [0.2, 0.25) is 0 Å². The zero-order valence-electron chi connectivity index (χ0n) is 22.7. The van der Waals surface area contributed by atoms with Crippen LogP contribution in [0.3, 0.4) is 0 Å². The normalized spacial score (nSPS) is 20.1. The molecule has 0 amide bonds. The van der Waals surface area contributed by atoms with E-state index in [0.29, 0.717) is 35.8 Å². The van der Waals surface area contributed by atoms with Crippen molar-refractivity contribution in [1.29, 1.82) is 0 Å². The van der Waals surface area contributed by atoms with E-state index in [1.54, 1.807) is 24.3 Å². The van der Waals surface area contributed by atoms with Gasteiger partial charge in [-0.3, -0.25) is 0 Å². The molecule has 5 N–H and O–H groups in total. The van der Waals surface area contributed by atoms with Crippen molar-refractivity contribution in [3.8, 4) is 34.5 Å². The van der Waals surface area contributed by atoms with Gasteiger partial charge in [-0.05, 0) is 65.4 Å². The zero-order chi connectivity index (χ0) is 28.8. The molecule has 0 aliphatic carbocycles. The number of phenols is 2. The molecule has 4 rings (SSSR count). The molecule has 5 unspecified atom stereocenters. The van der Waals surface area contributed by atoms with Gasteiger partial charge in [0.05, 0.1) is 40.6 Å². The lowest BCUT2D eigenvalue weighted by atomic mass is 9.84. The van der Waals surface area contributed by atoms with Crippen LogP contribution in [0.4, 0.5) is 0 Å². The summed E-state index contributed by atoms with van der Waals surface area (Å²) >= 11 is 0. The molecule has 40 heavy (non-hydrogen) atoms. The van der Waals surface area contributed by atoms with Crippen LogP contribution in [0, 0.1) is 11.8 Å². The van der Waals surface area contributed by atoms with Crippen LogP contribution in [0.1, 0.15) is 28.9 Å². The summed E-state index contributed by atoms with van der Waals surface area (Å²) in [5, 5.41) is 50.8. The van der Waals surface area contributed by atoms with E-state index in [-0.39, 0.29) is 41.8 Å². The Kier molecular flexibility index (Phi) is 9.59. The second kappa shape index (κ2) is 13.1. The zero-order valence-corrected chi connectivity index (χ0v) is 22.7. The molecule has 0 radical (unpaired) electrons. The molecule has 0 saturated carbocycles. The van der Waals surface area contributed by atoms with Gasteiger partial charge >= 0.3 is 0 Å². The highest BCUT2D eigenvalue weighted by atomic mass is 16.5. The Morgan fingerprint density at radius 3 is 2.15 bits per heavy atom. The number of aliphatic hydroxyl groups excluding tert-OH is 3. The van der Waals surface area contributed by atoms with Gasteiger partial charge in [-0.15, -0.1) is 0 Å². The first kappa shape index (κ1) is 29.3. The van der Waals surface area contributed by atoms with Gasteiger partial charge in [-0.1, -0.05) is 18.2 Å². The summed E-state index contributed by atoms with van der Waals surface area (Å²) in [7, 11) is 4.39. The standard InChI is InChI=1S/C30H36O10/c1-36-25-12-18(5-7-22(25)33)29(35)28(15-32)40-24-9-4-17(11-27(24)38-3)10-20-16-39-30(21(20)14-31)19-6-8-23(34)26(13-19)37-2/h4-9,11-13,20-21,28-35H,10,14-16H2,1-3H3. The molecule has 1 aliphatic rings. The number of hydrogen-bond acceptors (Lipinski definition) is 10. The minimum atomic E-state index is -1.21. The van der Waals surface area contributed by atoms with Crippen molar-refractivity contribution in [3.05, 3.63) is 71.3 Å². The minimum Gasteiger partial charge on any atom is -0.504 e. The van der Waals surface area contributed by atoms with Crippen LogP contribution < -0.4 is 18.9 Å². The Morgan fingerprint density at radius 2 is 1.50 bits per heavy atom. The maximum absolute atomic E-state index is 10.9. The fourth-order valence-electron chi connectivity index (χ4n) is 5.09. The second-order valence-electron chi connectivity index (χ2n) is 9.70. The number of rotatable bonds is 12. The van der Waals surface area contributed by atoms with Crippen LogP contribution in [-0.4, -0.2) is 72.8 Å². The number of phenolic OH excluding ortho intramolecular Hbond substituents is 2. The Bertz CT molecular complexity index is 1280. The van der Waals surface area contributed by atoms with Crippen molar-refractivity contribution in [1.82, 2.24) is 0 Å². The molecule has 0 bridgehead atoms. The highest BCUT2D eigenvalue weighted by molar-refractivity contribution is 5.45. The van der Waals surface area contributed by atoms with E-state index < -0.39 is 18.8 Å². The number of ether oxygens (including phenoxy) is 5. The predicted molar refractivity (Wildman–Crippen MR) is 145 cm³/mol. The van der Waals surface area contributed by atoms with Gasteiger partial charge in [0, 0.05) is 12.5 Å². The van der Waals surface area contributed by atoms with Crippen molar-refractivity contribution in [3.63, 3.8) is 0 Å². The molecule has 10 heteroatoms. The Labute approximate surface area is 232 Å². The first-order valence-corrected chi connectivity index (χ1v) is 12.9. The molecule has 0 aromatic heterocycles. The third-order valence-electron chi connectivity index (χ3n) is 7.31. The first-order chi connectivity index (χ1) is 19.3. The fourth-order valence-corrected chi connectivity index (χ4v) is 5.09. The van der Waals surface area contributed by atoms with E-state index >= 15 is 0 Å². The van der Waals surface area contributed by atoms with Gasteiger partial charge in [-0.2, -0.15) is 0 Å². The maximum Gasteiger partial charge on any atom is 0.161 e. The van der Waals surface area contributed by atoms with E-state index in [1.807, 2.05) is 12.1 Å². The van der Waals surface area contributed by atoms with Crippen molar-refractivity contribution >= 4 is 0 Å². The van der Waals surface area contributed by atoms with E-state index in [1.165, 1.54) is 39.5 Å². The minimum absolute atomic E-state index is 0.0164. The van der Waals surface area contributed by atoms with Crippen molar-refractivity contribution in [2.24, 2.45) is 11.8 Å². The molecule has 1 aliphatic heterocycles. The summed E-state index contributed by atoms with van der Waals surface area (Å²) < 4.78 is 27.9. The number of aromatic hydroxyl groups is 2. The van der Waals surface area contributed by atoms with E-state index in [9.17, 15) is 25.5 Å². The van der Waals surface area contributed by atoms with Gasteiger partial charge in [0.15, 0.2) is 40.6 Å². The summed E-state index contributed by atoms with van der Waals surface area (Å²) in [6.45, 7) is -0.111. The quantitative estimate of drug-likeness (QED) is 0.225. The molecule has 5 atom stereocenters. The lowest BCUT2D eigenvalue weighted by Crippen LogP contribution is -2.29. The van der Waals surface area contributed by atoms with E-state index in [0.717, 1.165) is 11.1 Å². The summed E-state index contributed by atoms with van der Waals surface area (Å²) in [5.74, 6) is 1.11. The van der Waals surface area contributed by atoms with Crippen molar-refractivity contribution in [2.45, 2.75) is 24.7 Å². The van der Waals surface area contributed by atoms with Gasteiger partial charge in [0.1, 0.15) is 6.10 Å². The molecule has 3 aromatic rings. The molecule has 1 heterocycles. The molecule has 10 nitrogen and oxygen atoms in total. The molecule has 3 aromatic carbocycles. The molecular weight excluding hydrogens is 520 g/mol. The number of hydrogen-bond donors (Lipinski definition) is 5. The third-order valence-corrected chi connectivity index (χ3v) is 7.31. The molecule has 216 valence electrons. The predicted octanol–water partition coefficient (Wildman–Crippen LogP) is 3.14. The number of aliphatic hydroxyl groups is 3. The summed E-state index contributed by atoms with van der Waals surface area (Å²) in [6.07, 6.45) is -1.97. The third kappa shape index (κ3) is 6.20. The summed E-state index contributed by atoms with van der Waals surface area (Å²) in [5.41, 5.74) is 2.16. The lowest BCUT2D eigenvalue weighted by Gasteiger charge is -2.25. The topological polar surface area (TPSA) is 147 Å². The SMILES string of the molecule is COc1cc(C(O)C(CO)Oc2ccc(CC3COC(c4ccc(O)c(OC)c4)C3CO)cc2OC)ccc1O. The monoisotopic (exact) mass is 556 g/mol. The smallest absolute Gasteiger partial charge is 0.161 e. The van der Waals surface area contributed by atoms with Crippen molar-refractivity contribution in [2.75, 3.05) is 41.2 Å². The van der Waals surface area contributed by atoms with Crippen molar-refractivity contribution < 1.29 is 49.2 Å². The van der Waals surface area contributed by atoms with Crippen LogP contribution in [0.15, 0.2) is 54.6 Å². The van der Waals surface area contributed by atoms with Crippen LogP contribution >= 0.6 is 0 Å². The fraction of sp³-hybridized carbons (Fsp3) is 0.400. The van der Waals surface area contributed by atoms with Gasteiger partial charge < -0.3 is 49.2 Å². The van der Waals surface area contributed by atoms with Crippen LogP contribution in [0.25, 0.3) is 0 Å². The Balaban J connectivity index is 1.48. The summed E-state index contributed by atoms with van der Waals surface area (Å²) in [6, 6.07) is 14.9.